The van der Waals surface area contributed by atoms with E-state index >= 15 is 0 Å². The highest BCUT2D eigenvalue weighted by Crippen LogP contribution is 2.20. The molecule has 0 heterocycles. The van der Waals surface area contributed by atoms with E-state index in [0.717, 1.165) is 0 Å². The molecule has 1 rings (SSSR count). The molecule has 1 aromatic carbocycles. The maximum atomic E-state index is 13.1. The SMILES string of the molecule is CN(CCBr)C(=O)c1cccc(F)c1Cl. The lowest BCUT2D eigenvalue weighted by Crippen LogP contribution is -2.28. The van der Waals surface area contributed by atoms with Gasteiger partial charge < -0.3 is 4.90 Å². The largest absolute Gasteiger partial charge is 0.341 e. The van der Waals surface area contributed by atoms with E-state index in [9.17, 15) is 9.18 Å². The Morgan fingerprint density at radius 1 is 1.60 bits per heavy atom. The average molecular weight is 295 g/mol. The van der Waals surface area contributed by atoms with Crippen LogP contribution in [-0.4, -0.2) is 29.7 Å². The number of halogens is 3. The summed E-state index contributed by atoms with van der Waals surface area (Å²) in [6, 6.07) is 4.21. The summed E-state index contributed by atoms with van der Waals surface area (Å²) < 4.78 is 13.1. The van der Waals surface area contributed by atoms with Crippen molar-refractivity contribution < 1.29 is 9.18 Å². The molecule has 0 saturated carbocycles. The number of benzene rings is 1. The molecule has 0 bridgehead atoms. The summed E-state index contributed by atoms with van der Waals surface area (Å²) in [5.74, 6) is -0.853. The van der Waals surface area contributed by atoms with Crippen molar-refractivity contribution in [1.29, 1.82) is 0 Å². The molecule has 1 amide bonds. The van der Waals surface area contributed by atoms with E-state index in [4.69, 9.17) is 11.6 Å². The lowest BCUT2D eigenvalue weighted by molar-refractivity contribution is 0.0804. The zero-order chi connectivity index (χ0) is 11.4. The fourth-order valence-corrected chi connectivity index (χ4v) is 1.84. The molecule has 82 valence electrons. The molecule has 0 aliphatic rings. The highest BCUT2D eigenvalue weighted by Gasteiger charge is 2.16. The second-order valence-corrected chi connectivity index (χ2v) is 4.19. The van der Waals surface area contributed by atoms with E-state index in [1.54, 1.807) is 7.05 Å². The molecule has 0 aliphatic heterocycles. The highest BCUT2D eigenvalue weighted by atomic mass is 79.9. The number of alkyl halides is 1. The number of rotatable bonds is 3. The van der Waals surface area contributed by atoms with Crippen LogP contribution in [0.1, 0.15) is 10.4 Å². The predicted octanol–water partition coefficient (Wildman–Crippen LogP) is 2.95. The third kappa shape index (κ3) is 2.92. The Morgan fingerprint density at radius 2 is 2.27 bits per heavy atom. The van der Waals surface area contributed by atoms with Gasteiger partial charge in [-0.3, -0.25) is 4.79 Å². The van der Waals surface area contributed by atoms with Crippen LogP contribution in [0.4, 0.5) is 4.39 Å². The minimum atomic E-state index is -0.574. The third-order valence-electron chi connectivity index (χ3n) is 1.95. The Labute approximate surface area is 101 Å². The minimum Gasteiger partial charge on any atom is -0.341 e. The van der Waals surface area contributed by atoms with Crippen LogP contribution in [0.2, 0.25) is 5.02 Å². The first-order chi connectivity index (χ1) is 7.07. The fourth-order valence-electron chi connectivity index (χ4n) is 1.10. The molecule has 0 spiro atoms. The van der Waals surface area contributed by atoms with Crippen LogP contribution in [0.3, 0.4) is 0 Å². The topological polar surface area (TPSA) is 20.3 Å². The zero-order valence-electron chi connectivity index (χ0n) is 8.14. The van der Waals surface area contributed by atoms with E-state index < -0.39 is 5.82 Å². The molecular formula is C10H10BrClFNO. The van der Waals surface area contributed by atoms with Crippen molar-refractivity contribution in [3.05, 3.63) is 34.6 Å². The summed E-state index contributed by atoms with van der Waals surface area (Å²) in [6.07, 6.45) is 0. The minimum absolute atomic E-state index is 0.121. The van der Waals surface area contributed by atoms with Gasteiger partial charge in [-0.25, -0.2) is 4.39 Å². The summed E-state index contributed by atoms with van der Waals surface area (Å²) in [7, 11) is 1.64. The quantitative estimate of drug-likeness (QED) is 0.785. The van der Waals surface area contributed by atoms with Crippen LogP contribution in [-0.2, 0) is 0 Å². The summed E-state index contributed by atoms with van der Waals surface area (Å²) in [6.45, 7) is 0.547. The lowest BCUT2D eigenvalue weighted by atomic mass is 10.2. The van der Waals surface area contributed by atoms with Gasteiger partial charge in [0.2, 0.25) is 0 Å². The van der Waals surface area contributed by atoms with Gasteiger partial charge in [-0.05, 0) is 12.1 Å². The van der Waals surface area contributed by atoms with E-state index in [-0.39, 0.29) is 16.5 Å². The van der Waals surface area contributed by atoms with Gasteiger partial charge in [0.25, 0.3) is 5.91 Å². The van der Waals surface area contributed by atoms with Crippen LogP contribution >= 0.6 is 27.5 Å². The molecule has 0 fully saturated rings. The van der Waals surface area contributed by atoms with Crippen molar-refractivity contribution >= 4 is 33.4 Å². The Hall–Kier alpha value is -0.610. The van der Waals surface area contributed by atoms with Crippen LogP contribution in [0.5, 0.6) is 0 Å². The average Bonchev–Trinajstić information content (AvgIpc) is 2.21. The molecule has 0 atom stereocenters. The number of carbonyl (C=O) groups excluding carboxylic acids is 1. The summed E-state index contributed by atoms with van der Waals surface area (Å²) in [5.41, 5.74) is 0.195. The van der Waals surface area contributed by atoms with E-state index in [1.807, 2.05) is 0 Å². The molecule has 15 heavy (non-hydrogen) atoms. The second-order valence-electron chi connectivity index (χ2n) is 3.02. The van der Waals surface area contributed by atoms with Crippen molar-refractivity contribution in [2.45, 2.75) is 0 Å². The summed E-state index contributed by atoms with van der Waals surface area (Å²) >= 11 is 8.92. The zero-order valence-corrected chi connectivity index (χ0v) is 10.5. The molecule has 0 saturated heterocycles. The smallest absolute Gasteiger partial charge is 0.255 e. The molecule has 2 nitrogen and oxygen atoms in total. The van der Waals surface area contributed by atoms with E-state index in [2.05, 4.69) is 15.9 Å². The van der Waals surface area contributed by atoms with Crippen molar-refractivity contribution in [3.63, 3.8) is 0 Å². The molecule has 0 N–H and O–H groups in total. The number of nitrogens with zero attached hydrogens (tertiary/aromatic N) is 1. The van der Waals surface area contributed by atoms with Crippen LogP contribution in [0.25, 0.3) is 0 Å². The standard InChI is InChI=1S/C10H10BrClFNO/c1-14(6-5-11)10(15)7-3-2-4-8(13)9(7)12/h2-4H,5-6H2,1H3. The van der Waals surface area contributed by atoms with Gasteiger partial charge in [-0.2, -0.15) is 0 Å². The van der Waals surface area contributed by atoms with Gasteiger partial charge in [-0.15, -0.1) is 0 Å². The van der Waals surface area contributed by atoms with Crippen molar-refractivity contribution in [2.75, 3.05) is 18.9 Å². The van der Waals surface area contributed by atoms with Crippen LogP contribution < -0.4 is 0 Å². The summed E-state index contributed by atoms with van der Waals surface area (Å²) in [4.78, 5) is 13.2. The first-order valence-corrected chi connectivity index (χ1v) is 5.83. The predicted molar refractivity (Wildman–Crippen MR) is 62.2 cm³/mol. The monoisotopic (exact) mass is 293 g/mol. The Balaban J connectivity index is 2.96. The molecule has 5 heteroatoms. The number of hydrogen-bond acceptors (Lipinski definition) is 1. The molecular weight excluding hydrogens is 284 g/mol. The van der Waals surface area contributed by atoms with Gasteiger partial charge in [0.1, 0.15) is 5.82 Å². The van der Waals surface area contributed by atoms with Crippen molar-refractivity contribution in [3.8, 4) is 0 Å². The first kappa shape index (κ1) is 12.5. The fraction of sp³-hybridized carbons (Fsp3) is 0.300. The van der Waals surface area contributed by atoms with Gasteiger partial charge >= 0.3 is 0 Å². The molecule has 0 aliphatic carbocycles. The van der Waals surface area contributed by atoms with Gasteiger partial charge in [-0.1, -0.05) is 33.6 Å². The molecule has 0 radical (unpaired) electrons. The number of hydrogen-bond donors (Lipinski definition) is 0. The normalized spacial score (nSPS) is 10.1. The van der Waals surface area contributed by atoms with Crippen molar-refractivity contribution in [2.24, 2.45) is 0 Å². The van der Waals surface area contributed by atoms with E-state index in [1.165, 1.54) is 23.1 Å². The van der Waals surface area contributed by atoms with Crippen LogP contribution in [0.15, 0.2) is 18.2 Å². The van der Waals surface area contributed by atoms with Gasteiger partial charge in [0.05, 0.1) is 10.6 Å². The molecule has 0 aromatic heterocycles. The molecule has 0 unspecified atom stereocenters. The Kier molecular flexibility index (Phi) is 4.54. The van der Waals surface area contributed by atoms with Gasteiger partial charge in [0.15, 0.2) is 0 Å². The Morgan fingerprint density at radius 3 is 2.87 bits per heavy atom. The highest BCUT2D eigenvalue weighted by molar-refractivity contribution is 9.09. The second kappa shape index (κ2) is 5.47. The Bertz CT molecular complexity index is 372. The number of amides is 1. The maximum Gasteiger partial charge on any atom is 0.255 e. The van der Waals surface area contributed by atoms with Gasteiger partial charge in [0, 0.05) is 18.9 Å². The maximum absolute atomic E-state index is 13.1. The van der Waals surface area contributed by atoms with Crippen LogP contribution in [0, 0.1) is 5.82 Å². The third-order valence-corrected chi connectivity index (χ3v) is 2.69. The molecule has 1 aromatic rings. The lowest BCUT2D eigenvalue weighted by Gasteiger charge is -2.16. The number of carbonyl (C=O) groups is 1. The van der Waals surface area contributed by atoms with Crippen molar-refractivity contribution in [1.82, 2.24) is 4.90 Å². The van der Waals surface area contributed by atoms with E-state index in [0.29, 0.717) is 11.9 Å². The first-order valence-electron chi connectivity index (χ1n) is 4.33. The summed E-state index contributed by atoms with van der Waals surface area (Å²) in [5, 5.41) is 0.547.